The van der Waals surface area contributed by atoms with Gasteiger partial charge in [-0.2, -0.15) is 0 Å². The van der Waals surface area contributed by atoms with Crippen LogP contribution in [-0.4, -0.2) is 46.0 Å². The second-order valence-corrected chi connectivity index (χ2v) is 7.61. The fourth-order valence-corrected chi connectivity index (χ4v) is 4.17. The number of fused-ring (bicyclic) bond motifs is 1. The summed E-state index contributed by atoms with van der Waals surface area (Å²) in [5.41, 5.74) is 0.630. The van der Waals surface area contributed by atoms with Gasteiger partial charge in [0.05, 0.1) is 22.8 Å². The number of carbonyl (C=O) groups is 3. The molecule has 1 saturated carbocycles. The first-order valence-corrected chi connectivity index (χ1v) is 9.66. The molecule has 0 spiro atoms. The Labute approximate surface area is 163 Å². The number of rotatable bonds is 6. The Kier molecular flexibility index (Phi) is 5.76. The van der Waals surface area contributed by atoms with Gasteiger partial charge in [0.1, 0.15) is 0 Å². The average molecular weight is 387 g/mol. The quantitative estimate of drug-likeness (QED) is 0.424. The highest BCUT2D eigenvalue weighted by molar-refractivity contribution is 6.05. The molecule has 3 rings (SSSR count). The van der Waals surface area contributed by atoms with Crippen molar-refractivity contribution in [1.82, 2.24) is 9.80 Å². The van der Waals surface area contributed by atoms with Crippen molar-refractivity contribution in [3.05, 3.63) is 39.9 Å². The van der Waals surface area contributed by atoms with E-state index >= 15 is 0 Å². The number of amides is 3. The summed E-state index contributed by atoms with van der Waals surface area (Å²) in [7, 11) is 1.62. The summed E-state index contributed by atoms with van der Waals surface area (Å²) in [4.78, 5) is 50.8. The maximum Gasteiger partial charge on any atom is 0.269 e. The van der Waals surface area contributed by atoms with E-state index in [2.05, 4.69) is 0 Å². The van der Waals surface area contributed by atoms with Crippen molar-refractivity contribution >= 4 is 23.4 Å². The summed E-state index contributed by atoms with van der Waals surface area (Å²) in [6.07, 6.45) is 3.49. The van der Waals surface area contributed by atoms with Crippen LogP contribution in [0.1, 0.15) is 50.6 Å². The normalized spacial score (nSPS) is 22.7. The Hall–Kier alpha value is -2.77. The lowest BCUT2D eigenvalue weighted by Gasteiger charge is -2.26. The molecule has 0 aromatic heterocycles. The molecular weight excluding hydrogens is 362 g/mol. The van der Waals surface area contributed by atoms with E-state index in [9.17, 15) is 24.5 Å². The Morgan fingerprint density at radius 3 is 2.43 bits per heavy atom. The zero-order valence-corrected chi connectivity index (χ0v) is 16.2. The van der Waals surface area contributed by atoms with E-state index in [1.54, 1.807) is 26.1 Å². The van der Waals surface area contributed by atoms with Gasteiger partial charge in [0.25, 0.3) is 5.69 Å². The Morgan fingerprint density at radius 2 is 1.86 bits per heavy atom. The summed E-state index contributed by atoms with van der Waals surface area (Å²) >= 11 is 0. The largest absolute Gasteiger partial charge is 0.339 e. The summed E-state index contributed by atoms with van der Waals surface area (Å²) < 4.78 is 0. The molecule has 8 nitrogen and oxygen atoms in total. The lowest BCUT2D eigenvalue weighted by Crippen LogP contribution is -2.36. The van der Waals surface area contributed by atoms with Gasteiger partial charge in [-0.1, -0.05) is 25.0 Å². The van der Waals surface area contributed by atoms with Crippen LogP contribution < -0.4 is 0 Å². The van der Waals surface area contributed by atoms with Crippen LogP contribution >= 0.6 is 0 Å². The number of likely N-dealkylation sites (tertiary alicyclic amines) is 1. The minimum Gasteiger partial charge on any atom is -0.339 e. The third-order valence-electron chi connectivity index (χ3n) is 6.02. The Balaban J connectivity index is 1.61. The van der Waals surface area contributed by atoms with Crippen LogP contribution in [0.4, 0.5) is 5.69 Å². The highest BCUT2D eigenvalue weighted by Gasteiger charge is 2.47. The zero-order valence-electron chi connectivity index (χ0n) is 16.2. The van der Waals surface area contributed by atoms with Gasteiger partial charge in [-0.3, -0.25) is 29.4 Å². The van der Waals surface area contributed by atoms with Crippen molar-refractivity contribution < 1.29 is 19.3 Å². The second-order valence-electron chi connectivity index (χ2n) is 7.61. The van der Waals surface area contributed by atoms with E-state index in [-0.39, 0.29) is 54.3 Å². The lowest BCUT2D eigenvalue weighted by atomic mass is 9.81. The predicted octanol–water partition coefficient (Wildman–Crippen LogP) is 2.68. The average Bonchev–Trinajstić information content (AvgIpc) is 2.95. The molecule has 3 atom stereocenters. The fourth-order valence-electron chi connectivity index (χ4n) is 4.17. The first kappa shape index (κ1) is 20.0. The van der Waals surface area contributed by atoms with Crippen molar-refractivity contribution in [2.75, 3.05) is 13.6 Å². The highest BCUT2D eigenvalue weighted by atomic mass is 16.6. The van der Waals surface area contributed by atoms with Gasteiger partial charge in [-0.05, 0) is 25.3 Å². The maximum absolute atomic E-state index is 12.6. The van der Waals surface area contributed by atoms with Gasteiger partial charge in [0, 0.05) is 32.1 Å². The van der Waals surface area contributed by atoms with Crippen molar-refractivity contribution in [3.8, 4) is 0 Å². The number of nitro benzene ring substituents is 1. The van der Waals surface area contributed by atoms with Gasteiger partial charge in [-0.15, -0.1) is 0 Å². The fraction of sp³-hybridized carbons (Fsp3) is 0.550. The number of nitro groups is 1. The molecule has 0 bridgehead atoms. The van der Waals surface area contributed by atoms with Crippen molar-refractivity contribution in [3.63, 3.8) is 0 Å². The van der Waals surface area contributed by atoms with Crippen molar-refractivity contribution in [1.29, 1.82) is 0 Å². The summed E-state index contributed by atoms with van der Waals surface area (Å²) in [5.74, 6) is -0.918. The molecule has 0 N–H and O–H groups in total. The molecule has 1 aliphatic carbocycles. The number of imide groups is 1. The summed E-state index contributed by atoms with van der Waals surface area (Å²) in [6, 6.07) is 5.82. The Morgan fingerprint density at radius 1 is 1.25 bits per heavy atom. The van der Waals surface area contributed by atoms with Gasteiger partial charge in [0.15, 0.2) is 0 Å². The van der Waals surface area contributed by atoms with Gasteiger partial charge < -0.3 is 4.90 Å². The maximum atomic E-state index is 12.6. The van der Waals surface area contributed by atoms with Gasteiger partial charge >= 0.3 is 0 Å². The SMILES string of the molecule is C[C@@H](c1cccc([N+](=O)[O-])c1)N(C)C(=O)CCN1C(=O)[C@H]2CCCC[C@@H]2C1=O. The molecule has 0 unspecified atom stereocenters. The van der Waals surface area contributed by atoms with Crippen LogP contribution in [0.25, 0.3) is 0 Å². The molecule has 28 heavy (non-hydrogen) atoms. The van der Waals surface area contributed by atoms with Crippen LogP contribution in [0.5, 0.6) is 0 Å². The third-order valence-corrected chi connectivity index (χ3v) is 6.02. The predicted molar refractivity (Wildman–Crippen MR) is 101 cm³/mol. The molecule has 1 aliphatic heterocycles. The Bertz CT molecular complexity index is 785. The van der Waals surface area contributed by atoms with Crippen molar-refractivity contribution in [2.45, 2.75) is 45.1 Å². The van der Waals surface area contributed by atoms with Gasteiger partial charge in [-0.25, -0.2) is 0 Å². The minimum atomic E-state index is -0.470. The summed E-state index contributed by atoms with van der Waals surface area (Å²) in [6.45, 7) is 1.88. The monoisotopic (exact) mass is 387 g/mol. The smallest absolute Gasteiger partial charge is 0.269 e. The molecular formula is C20H25N3O5. The topological polar surface area (TPSA) is 101 Å². The van der Waals surface area contributed by atoms with Crippen LogP contribution in [0.2, 0.25) is 0 Å². The first-order valence-electron chi connectivity index (χ1n) is 9.66. The molecule has 8 heteroatoms. The standard InChI is InChI=1S/C20H25N3O5/c1-13(14-6-5-7-15(12-14)23(27)28)21(2)18(24)10-11-22-19(25)16-8-3-4-9-17(16)20(22)26/h5-7,12-13,16-17H,3-4,8-11H2,1-2H3/t13-,16-,17-/m0/s1. The number of hydrogen-bond acceptors (Lipinski definition) is 5. The van der Waals surface area contributed by atoms with E-state index in [0.29, 0.717) is 5.56 Å². The van der Waals surface area contributed by atoms with Gasteiger partial charge in [0.2, 0.25) is 17.7 Å². The number of nitrogens with zero attached hydrogens (tertiary/aromatic N) is 3. The number of non-ortho nitro benzene ring substituents is 1. The third kappa shape index (κ3) is 3.76. The minimum absolute atomic E-state index is 0.0268. The molecule has 1 heterocycles. The van der Waals surface area contributed by atoms with Crippen molar-refractivity contribution in [2.24, 2.45) is 11.8 Å². The molecule has 150 valence electrons. The molecule has 3 amide bonds. The first-order chi connectivity index (χ1) is 13.3. The van der Waals surface area contributed by atoms with Crippen LogP contribution in [-0.2, 0) is 14.4 Å². The van der Waals surface area contributed by atoms with E-state index in [0.717, 1.165) is 25.7 Å². The van der Waals surface area contributed by atoms with Crippen LogP contribution in [0.3, 0.4) is 0 Å². The van der Waals surface area contributed by atoms with E-state index < -0.39 is 4.92 Å². The number of benzene rings is 1. The molecule has 2 aliphatic rings. The zero-order chi connectivity index (χ0) is 20.4. The number of carbonyl (C=O) groups excluding carboxylic acids is 3. The molecule has 1 saturated heterocycles. The summed E-state index contributed by atoms with van der Waals surface area (Å²) in [5, 5.41) is 11.0. The molecule has 1 aromatic rings. The second kappa shape index (κ2) is 8.08. The van der Waals surface area contributed by atoms with Crippen LogP contribution in [0.15, 0.2) is 24.3 Å². The molecule has 2 fully saturated rings. The van der Waals surface area contributed by atoms with E-state index in [4.69, 9.17) is 0 Å². The number of hydrogen-bond donors (Lipinski definition) is 0. The lowest BCUT2D eigenvalue weighted by molar-refractivity contribution is -0.384. The molecule has 0 radical (unpaired) electrons. The van der Waals surface area contributed by atoms with Crippen LogP contribution in [0, 0.1) is 22.0 Å². The van der Waals surface area contributed by atoms with E-state index in [1.807, 2.05) is 0 Å². The highest BCUT2D eigenvalue weighted by Crippen LogP contribution is 2.38. The van der Waals surface area contributed by atoms with E-state index in [1.165, 1.54) is 21.9 Å². The molecule has 1 aromatic carbocycles.